The van der Waals surface area contributed by atoms with Gasteiger partial charge in [-0.3, -0.25) is 4.79 Å². The highest BCUT2D eigenvalue weighted by Crippen LogP contribution is 2.48. The highest BCUT2D eigenvalue weighted by Gasteiger charge is 2.45. The van der Waals surface area contributed by atoms with Gasteiger partial charge in [-0.05, 0) is 42.7 Å². The Bertz CT molecular complexity index is 499. The zero-order valence-corrected chi connectivity index (χ0v) is 10.7. The van der Waals surface area contributed by atoms with Gasteiger partial charge in [-0.25, -0.2) is 8.78 Å². The Morgan fingerprint density at radius 1 is 1.32 bits per heavy atom. The van der Waals surface area contributed by atoms with Crippen LogP contribution in [0.5, 0.6) is 0 Å². The molecule has 2 saturated carbocycles. The third kappa shape index (κ3) is 2.48. The molecule has 0 unspecified atom stereocenters. The van der Waals surface area contributed by atoms with Gasteiger partial charge in [0.05, 0.1) is 0 Å². The molecular formula is C15H17F2NO. The van der Waals surface area contributed by atoms with E-state index in [0.29, 0.717) is 17.9 Å². The lowest BCUT2D eigenvalue weighted by atomic mass is 9.85. The van der Waals surface area contributed by atoms with Gasteiger partial charge in [-0.1, -0.05) is 18.6 Å². The van der Waals surface area contributed by atoms with E-state index >= 15 is 0 Å². The van der Waals surface area contributed by atoms with E-state index in [-0.39, 0.29) is 17.7 Å². The van der Waals surface area contributed by atoms with Crippen LogP contribution in [0.1, 0.15) is 37.2 Å². The van der Waals surface area contributed by atoms with E-state index in [1.54, 1.807) is 6.07 Å². The fraction of sp³-hybridized carbons (Fsp3) is 0.533. The second-order valence-corrected chi connectivity index (χ2v) is 5.63. The topological polar surface area (TPSA) is 29.1 Å². The molecule has 2 aliphatic carbocycles. The molecule has 2 nitrogen and oxygen atoms in total. The zero-order valence-electron chi connectivity index (χ0n) is 10.7. The number of halogens is 2. The predicted octanol–water partition coefficient (Wildman–Crippen LogP) is 2.98. The summed E-state index contributed by atoms with van der Waals surface area (Å²) in [5.74, 6) is -1.37. The Labute approximate surface area is 111 Å². The molecule has 3 rings (SSSR count). The van der Waals surface area contributed by atoms with Crippen LogP contribution in [0.15, 0.2) is 18.2 Å². The first-order chi connectivity index (χ1) is 9.16. The predicted molar refractivity (Wildman–Crippen MR) is 67.6 cm³/mol. The summed E-state index contributed by atoms with van der Waals surface area (Å²) >= 11 is 0. The van der Waals surface area contributed by atoms with E-state index in [2.05, 4.69) is 5.32 Å². The molecule has 0 saturated heterocycles. The highest BCUT2D eigenvalue weighted by molar-refractivity contribution is 5.82. The van der Waals surface area contributed by atoms with Crippen LogP contribution in [0.25, 0.3) is 0 Å². The maximum Gasteiger partial charge on any atom is 0.223 e. The van der Waals surface area contributed by atoms with Crippen molar-refractivity contribution >= 4 is 5.91 Å². The van der Waals surface area contributed by atoms with Gasteiger partial charge < -0.3 is 5.32 Å². The van der Waals surface area contributed by atoms with Gasteiger partial charge in [-0.15, -0.1) is 0 Å². The summed E-state index contributed by atoms with van der Waals surface area (Å²) in [5, 5.41) is 2.93. The van der Waals surface area contributed by atoms with Crippen LogP contribution >= 0.6 is 0 Å². The van der Waals surface area contributed by atoms with Gasteiger partial charge in [0, 0.05) is 12.5 Å². The molecule has 102 valence electrons. The van der Waals surface area contributed by atoms with E-state index in [1.165, 1.54) is 25.3 Å². The van der Waals surface area contributed by atoms with Crippen LogP contribution in [-0.4, -0.2) is 12.5 Å². The molecule has 0 radical (unpaired) electrons. The second-order valence-electron chi connectivity index (χ2n) is 5.63. The summed E-state index contributed by atoms with van der Waals surface area (Å²) in [5.41, 5.74) is 0.337. The molecule has 1 N–H and O–H groups in total. The number of rotatable bonds is 4. The van der Waals surface area contributed by atoms with Crippen molar-refractivity contribution in [3.63, 3.8) is 0 Å². The Kier molecular flexibility index (Phi) is 3.25. The van der Waals surface area contributed by atoms with Crippen LogP contribution in [-0.2, 0) is 4.79 Å². The number of hydrogen-bond acceptors (Lipinski definition) is 1. The molecule has 1 aromatic carbocycles. The summed E-state index contributed by atoms with van der Waals surface area (Å²) in [4.78, 5) is 11.9. The fourth-order valence-electron chi connectivity index (χ4n) is 2.71. The van der Waals surface area contributed by atoms with Crippen LogP contribution in [0.2, 0.25) is 0 Å². The smallest absolute Gasteiger partial charge is 0.223 e. The molecule has 19 heavy (non-hydrogen) atoms. The molecule has 0 heterocycles. The van der Waals surface area contributed by atoms with Gasteiger partial charge in [0.25, 0.3) is 0 Å². The maximum atomic E-state index is 13.6. The standard InChI is InChI=1S/C15H17F2NO/c16-13-6-2-5-10(14(13)17)11-7-12(11)15(19)18-8-9-3-1-4-9/h2,5-6,9,11-12H,1,3-4,7-8H2,(H,18,19)/t11-,12+/m1/s1. The summed E-state index contributed by atoms with van der Waals surface area (Å²) in [6, 6.07) is 4.17. The average molecular weight is 265 g/mol. The molecule has 2 atom stereocenters. The molecule has 1 aromatic rings. The van der Waals surface area contributed by atoms with Gasteiger partial charge in [0.1, 0.15) is 0 Å². The van der Waals surface area contributed by atoms with Crippen LogP contribution in [0.3, 0.4) is 0 Å². The molecule has 2 fully saturated rings. The number of benzene rings is 1. The Balaban J connectivity index is 1.57. The first-order valence-corrected chi connectivity index (χ1v) is 6.88. The lowest BCUT2D eigenvalue weighted by molar-refractivity contribution is -0.122. The fourth-order valence-corrected chi connectivity index (χ4v) is 2.71. The normalized spacial score (nSPS) is 25.8. The maximum absolute atomic E-state index is 13.6. The number of carbonyl (C=O) groups is 1. The van der Waals surface area contributed by atoms with Crippen molar-refractivity contribution in [2.45, 2.75) is 31.6 Å². The van der Waals surface area contributed by atoms with E-state index in [1.807, 2.05) is 0 Å². The monoisotopic (exact) mass is 265 g/mol. The molecule has 4 heteroatoms. The SMILES string of the molecule is O=C(NCC1CCC1)[C@H]1C[C@@H]1c1cccc(F)c1F. The lowest BCUT2D eigenvalue weighted by Crippen LogP contribution is -2.33. The minimum absolute atomic E-state index is 0.0134. The van der Waals surface area contributed by atoms with Crippen LogP contribution in [0.4, 0.5) is 8.78 Å². The number of hydrogen-bond donors (Lipinski definition) is 1. The first-order valence-electron chi connectivity index (χ1n) is 6.88. The summed E-state index contributed by atoms with van der Waals surface area (Å²) in [6.45, 7) is 0.730. The number of carbonyl (C=O) groups excluding carboxylic acids is 1. The van der Waals surface area contributed by atoms with Gasteiger partial charge in [0.2, 0.25) is 5.91 Å². The molecule has 2 aliphatic rings. The van der Waals surface area contributed by atoms with Gasteiger partial charge in [0.15, 0.2) is 11.6 Å². The van der Waals surface area contributed by atoms with Crippen molar-refractivity contribution in [1.29, 1.82) is 0 Å². The Morgan fingerprint density at radius 2 is 2.11 bits per heavy atom. The highest BCUT2D eigenvalue weighted by atomic mass is 19.2. The number of nitrogens with one attached hydrogen (secondary N) is 1. The van der Waals surface area contributed by atoms with Crippen molar-refractivity contribution in [2.75, 3.05) is 6.54 Å². The van der Waals surface area contributed by atoms with Crippen molar-refractivity contribution in [3.8, 4) is 0 Å². The molecular weight excluding hydrogens is 248 g/mol. The zero-order chi connectivity index (χ0) is 13.4. The third-order valence-electron chi connectivity index (χ3n) is 4.30. The van der Waals surface area contributed by atoms with Crippen molar-refractivity contribution in [3.05, 3.63) is 35.4 Å². The summed E-state index contributed by atoms with van der Waals surface area (Å²) < 4.78 is 26.7. The minimum Gasteiger partial charge on any atom is -0.356 e. The average Bonchev–Trinajstić information content (AvgIpc) is 3.10. The van der Waals surface area contributed by atoms with Gasteiger partial charge >= 0.3 is 0 Å². The Morgan fingerprint density at radius 3 is 2.79 bits per heavy atom. The Hall–Kier alpha value is -1.45. The van der Waals surface area contributed by atoms with E-state index in [4.69, 9.17) is 0 Å². The van der Waals surface area contributed by atoms with Crippen LogP contribution < -0.4 is 5.32 Å². The van der Waals surface area contributed by atoms with E-state index < -0.39 is 11.6 Å². The minimum atomic E-state index is -0.835. The van der Waals surface area contributed by atoms with E-state index in [9.17, 15) is 13.6 Å². The molecule has 0 spiro atoms. The second kappa shape index (κ2) is 4.91. The van der Waals surface area contributed by atoms with Crippen molar-refractivity contribution < 1.29 is 13.6 Å². The number of amides is 1. The molecule has 1 amide bonds. The van der Waals surface area contributed by atoms with Crippen molar-refractivity contribution in [1.82, 2.24) is 5.32 Å². The molecule has 0 bridgehead atoms. The third-order valence-corrected chi connectivity index (χ3v) is 4.30. The van der Waals surface area contributed by atoms with Crippen molar-refractivity contribution in [2.24, 2.45) is 11.8 Å². The summed E-state index contributed by atoms with van der Waals surface area (Å²) in [7, 11) is 0. The quantitative estimate of drug-likeness (QED) is 0.891. The summed E-state index contributed by atoms with van der Waals surface area (Å²) in [6.07, 6.45) is 4.25. The molecule has 0 aliphatic heterocycles. The van der Waals surface area contributed by atoms with Gasteiger partial charge in [-0.2, -0.15) is 0 Å². The largest absolute Gasteiger partial charge is 0.356 e. The van der Waals surface area contributed by atoms with E-state index in [0.717, 1.165) is 12.6 Å². The van der Waals surface area contributed by atoms with Crippen LogP contribution in [0, 0.1) is 23.5 Å². The molecule has 0 aromatic heterocycles. The first kappa shape index (κ1) is 12.6. The lowest BCUT2D eigenvalue weighted by Gasteiger charge is -2.25.